The average Bonchev–Trinajstić information content (AvgIpc) is 2.65. The molecule has 0 saturated carbocycles. The highest BCUT2D eigenvalue weighted by molar-refractivity contribution is 5.90. The van der Waals surface area contributed by atoms with Gasteiger partial charge in [-0.3, -0.25) is 14.7 Å². The Kier molecular flexibility index (Phi) is 4.25. The maximum Gasteiger partial charge on any atom is 0.307 e. The molecule has 0 fully saturated rings. The number of amides is 1. The van der Waals surface area contributed by atoms with Gasteiger partial charge in [-0.1, -0.05) is 0 Å². The number of aromatic amines is 1. The third-order valence-electron chi connectivity index (χ3n) is 1.64. The van der Waals surface area contributed by atoms with Crippen LogP contribution >= 0.6 is 0 Å². The van der Waals surface area contributed by atoms with E-state index in [1.807, 2.05) is 0 Å². The highest BCUT2D eigenvalue weighted by atomic mass is 16.5. The number of ether oxygens (including phenoxy) is 1. The zero-order valence-electron chi connectivity index (χ0n) is 8.82. The minimum Gasteiger partial charge on any atom is -0.466 e. The number of nitrogens with zero attached hydrogens (tertiary/aromatic N) is 2. The Hall–Kier alpha value is -2.12. The summed E-state index contributed by atoms with van der Waals surface area (Å²) in [7, 11) is 0. The maximum atomic E-state index is 11.3. The number of carbonyl (C=O) groups is 2. The Morgan fingerprint density at radius 3 is 2.88 bits per heavy atom. The molecule has 1 heterocycles. The summed E-state index contributed by atoms with van der Waals surface area (Å²) in [5, 5.41) is 8.33. The Balaban J connectivity index is 2.28. The molecule has 0 radical (unpaired) electrons. The van der Waals surface area contributed by atoms with Crippen molar-refractivity contribution < 1.29 is 14.3 Å². The number of rotatable bonds is 5. The van der Waals surface area contributed by atoms with Gasteiger partial charge in [-0.05, 0) is 6.92 Å². The number of esters is 1. The standard InChI is InChI=1S/C8H13N5O3/c1-2-16-5(14)3-4-10-7(15)6-11-8(9)13-12-6/h2-4H2,1H3,(H,10,15)(H3,9,11,12,13). The van der Waals surface area contributed by atoms with Crippen LogP contribution in [-0.4, -0.2) is 40.2 Å². The smallest absolute Gasteiger partial charge is 0.307 e. The van der Waals surface area contributed by atoms with E-state index in [0.29, 0.717) is 6.61 Å². The van der Waals surface area contributed by atoms with Crippen LogP contribution in [0.4, 0.5) is 5.95 Å². The molecule has 0 aliphatic rings. The van der Waals surface area contributed by atoms with Crippen LogP contribution in [0.15, 0.2) is 0 Å². The van der Waals surface area contributed by atoms with E-state index in [9.17, 15) is 9.59 Å². The molecule has 0 saturated heterocycles. The number of carbonyl (C=O) groups excluding carboxylic acids is 2. The van der Waals surface area contributed by atoms with Crippen LogP contribution in [0, 0.1) is 0 Å². The summed E-state index contributed by atoms with van der Waals surface area (Å²) in [6, 6.07) is 0. The average molecular weight is 227 g/mol. The van der Waals surface area contributed by atoms with Crippen LogP contribution < -0.4 is 11.1 Å². The minimum absolute atomic E-state index is 0.00413. The van der Waals surface area contributed by atoms with Crippen LogP contribution in [0.2, 0.25) is 0 Å². The molecule has 0 atom stereocenters. The summed E-state index contributed by atoms with van der Waals surface area (Å²) >= 11 is 0. The fourth-order valence-corrected chi connectivity index (χ4v) is 0.971. The second-order valence-electron chi connectivity index (χ2n) is 2.85. The molecular weight excluding hydrogens is 214 g/mol. The first kappa shape index (κ1) is 12.0. The lowest BCUT2D eigenvalue weighted by atomic mass is 10.4. The SMILES string of the molecule is CCOC(=O)CCNC(=O)c1nc(N)n[nH]1. The van der Waals surface area contributed by atoms with Crippen molar-refractivity contribution in [2.24, 2.45) is 0 Å². The van der Waals surface area contributed by atoms with E-state index >= 15 is 0 Å². The van der Waals surface area contributed by atoms with Crippen molar-refractivity contribution in [1.29, 1.82) is 0 Å². The van der Waals surface area contributed by atoms with Gasteiger partial charge in [0.2, 0.25) is 11.8 Å². The van der Waals surface area contributed by atoms with E-state index in [0.717, 1.165) is 0 Å². The molecule has 8 nitrogen and oxygen atoms in total. The lowest BCUT2D eigenvalue weighted by Gasteiger charge is -2.02. The molecule has 0 aliphatic heterocycles. The lowest BCUT2D eigenvalue weighted by molar-refractivity contribution is -0.142. The van der Waals surface area contributed by atoms with Gasteiger partial charge in [-0.2, -0.15) is 4.98 Å². The first-order valence-corrected chi connectivity index (χ1v) is 4.75. The Bertz CT molecular complexity index is 376. The number of hydrogen-bond donors (Lipinski definition) is 3. The van der Waals surface area contributed by atoms with Gasteiger partial charge < -0.3 is 15.8 Å². The fourth-order valence-electron chi connectivity index (χ4n) is 0.971. The summed E-state index contributed by atoms with van der Waals surface area (Å²) in [5.41, 5.74) is 5.23. The molecule has 0 aromatic carbocycles. The van der Waals surface area contributed by atoms with Crippen molar-refractivity contribution in [3.05, 3.63) is 5.82 Å². The van der Waals surface area contributed by atoms with Gasteiger partial charge in [-0.15, -0.1) is 5.10 Å². The van der Waals surface area contributed by atoms with Crippen LogP contribution in [0.5, 0.6) is 0 Å². The number of anilines is 1. The third kappa shape index (κ3) is 3.56. The van der Waals surface area contributed by atoms with Crippen molar-refractivity contribution in [3.63, 3.8) is 0 Å². The van der Waals surface area contributed by atoms with E-state index in [2.05, 4.69) is 25.2 Å². The highest BCUT2D eigenvalue weighted by Gasteiger charge is 2.10. The van der Waals surface area contributed by atoms with E-state index < -0.39 is 5.91 Å². The number of nitrogens with one attached hydrogen (secondary N) is 2. The van der Waals surface area contributed by atoms with Crippen molar-refractivity contribution in [1.82, 2.24) is 20.5 Å². The highest BCUT2D eigenvalue weighted by Crippen LogP contribution is 1.92. The molecule has 1 rings (SSSR count). The van der Waals surface area contributed by atoms with E-state index in [4.69, 9.17) is 5.73 Å². The lowest BCUT2D eigenvalue weighted by Crippen LogP contribution is -2.27. The van der Waals surface area contributed by atoms with E-state index in [-0.39, 0.29) is 30.7 Å². The van der Waals surface area contributed by atoms with Crippen molar-refractivity contribution in [2.45, 2.75) is 13.3 Å². The third-order valence-corrected chi connectivity index (χ3v) is 1.64. The summed E-state index contributed by atoms with van der Waals surface area (Å²) in [4.78, 5) is 25.9. The second kappa shape index (κ2) is 5.69. The Morgan fingerprint density at radius 2 is 2.31 bits per heavy atom. The molecule has 4 N–H and O–H groups in total. The van der Waals surface area contributed by atoms with Crippen molar-refractivity contribution in [3.8, 4) is 0 Å². The molecule has 1 amide bonds. The van der Waals surface area contributed by atoms with Crippen molar-refractivity contribution >= 4 is 17.8 Å². The summed E-state index contributed by atoms with van der Waals surface area (Å²) in [5.74, 6) is -0.815. The van der Waals surface area contributed by atoms with Gasteiger partial charge in [0.25, 0.3) is 5.91 Å². The normalized spacial score (nSPS) is 9.81. The molecule has 88 valence electrons. The molecular formula is C8H13N5O3. The first-order chi connectivity index (χ1) is 7.63. The molecule has 16 heavy (non-hydrogen) atoms. The summed E-state index contributed by atoms with van der Waals surface area (Å²) in [6.07, 6.45) is 0.114. The molecule has 0 unspecified atom stereocenters. The number of hydrogen-bond acceptors (Lipinski definition) is 6. The summed E-state index contributed by atoms with van der Waals surface area (Å²) in [6.45, 7) is 2.22. The molecule has 0 bridgehead atoms. The number of nitrogen functional groups attached to an aromatic ring is 1. The molecule has 8 heteroatoms. The van der Waals surface area contributed by atoms with Crippen LogP contribution in [0.25, 0.3) is 0 Å². The fraction of sp³-hybridized carbons (Fsp3) is 0.500. The number of nitrogens with two attached hydrogens (primary N) is 1. The molecule has 0 spiro atoms. The summed E-state index contributed by atoms with van der Waals surface area (Å²) < 4.78 is 4.69. The molecule has 0 aliphatic carbocycles. The van der Waals surface area contributed by atoms with Gasteiger partial charge in [0.05, 0.1) is 13.0 Å². The predicted octanol–water partition coefficient (Wildman–Crippen LogP) is -0.930. The topological polar surface area (TPSA) is 123 Å². The van der Waals surface area contributed by atoms with Crippen LogP contribution in [0.3, 0.4) is 0 Å². The maximum absolute atomic E-state index is 11.3. The minimum atomic E-state index is -0.464. The van der Waals surface area contributed by atoms with Gasteiger partial charge >= 0.3 is 5.97 Å². The first-order valence-electron chi connectivity index (χ1n) is 4.75. The predicted molar refractivity (Wildman–Crippen MR) is 54.4 cm³/mol. The zero-order valence-corrected chi connectivity index (χ0v) is 8.82. The zero-order chi connectivity index (χ0) is 12.0. The van der Waals surface area contributed by atoms with E-state index in [1.54, 1.807) is 6.92 Å². The van der Waals surface area contributed by atoms with Gasteiger partial charge in [0.1, 0.15) is 0 Å². The Morgan fingerprint density at radius 1 is 1.56 bits per heavy atom. The number of H-pyrrole nitrogens is 1. The van der Waals surface area contributed by atoms with Crippen molar-refractivity contribution in [2.75, 3.05) is 18.9 Å². The van der Waals surface area contributed by atoms with Gasteiger partial charge in [-0.25, -0.2) is 0 Å². The molecule has 1 aromatic rings. The van der Waals surface area contributed by atoms with Crippen LogP contribution in [0.1, 0.15) is 24.0 Å². The van der Waals surface area contributed by atoms with E-state index in [1.165, 1.54) is 0 Å². The van der Waals surface area contributed by atoms with Gasteiger partial charge in [0, 0.05) is 6.54 Å². The largest absolute Gasteiger partial charge is 0.466 e. The quantitative estimate of drug-likeness (QED) is 0.558. The van der Waals surface area contributed by atoms with Gasteiger partial charge in [0.15, 0.2) is 0 Å². The van der Waals surface area contributed by atoms with Crippen LogP contribution in [-0.2, 0) is 9.53 Å². The molecule has 1 aromatic heterocycles. The monoisotopic (exact) mass is 227 g/mol. The Labute approximate surface area is 91.6 Å². The number of aromatic nitrogens is 3. The second-order valence-corrected chi connectivity index (χ2v) is 2.85.